The van der Waals surface area contributed by atoms with Gasteiger partial charge in [-0.2, -0.15) is 23.5 Å². The minimum absolute atomic E-state index is 0.145. The summed E-state index contributed by atoms with van der Waals surface area (Å²) in [5, 5.41) is 16.5. The summed E-state index contributed by atoms with van der Waals surface area (Å²) in [4.78, 5) is 12.8. The van der Waals surface area contributed by atoms with Crippen LogP contribution in [0.15, 0.2) is 82.8 Å². The quantitative estimate of drug-likeness (QED) is 0.291. The fourth-order valence-electron chi connectivity index (χ4n) is 3.26. The van der Waals surface area contributed by atoms with Crippen molar-refractivity contribution < 1.29 is 22.4 Å². The molecule has 1 N–H and O–H groups in total. The molecule has 2 heterocycles. The second kappa shape index (κ2) is 9.11. The molecule has 6 nitrogen and oxygen atoms in total. The van der Waals surface area contributed by atoms with E-state index in [0.717, 1.165) is 17.8 Å². The summed E-state index contributed by atoms with van der Waals surface area (Å²) >= 11 is 0. The molecule has 4 aromatic rings. The van der Waals surface area contributed by atoms with Crippen molar-refractivity contribution in [3.8, 4) is 23.1 Å². The van der Waals surface area contributed by atoms with Crippen molar-refractivity contribution in [1.29, 1.82) is 5.26 Å². The number of alkyl halides is 3. The standard InChI is InChI=1S/C25H17F3N4O2/c1-16-12-23(32(31-16)20-8-3-2-4-9-20)30-24(33)18(15-29)14-21-10-11-22(34-21)17-6-5-7-19(13-17)25(26,27)28/h2-14H,1H3,(H,30,33). The molecule has 0 aliphatic rings. The van der Waals surface area contributed by atoms with Crippen LogP contribution in [-0.4, -0.2) is 15.7 Å². The maximum absolute atomic E-state index is 13.0. The molecule has 1 amide bonds. The number of amides is 1. The van der Waals surface area contributed by atoms with Crippen LogP contribution in [0.2, 0.25) is 0 Å². The van der Waals surface area contributed by atoms with E-state index in [-0.39, 0.29) is 22.7 Å². The number of rotatable bonds is 5. The summed E-state index contributed by atoms with van der Waals surface area (Å²) in [6, 6.07) is 20.3. The number of hydrogen-bond donors (Lipinski definition) is 1. The first-order chi connectivity index (χ1) is 16.2. The molecule has 2 aromatic heterocycles. The summed E-state index contributed by atoms with van der Waals surface area (Å²) in [6.07, 6.45) is -3.26. The zero-order chi connectivity index (χ0) is 24.3. The number of furan rings is 1. The SMILES string of the molecule is Cc1cc(NC(=O)C(C#N)=Cc2ccc(-c3cccc(C(F)(F)F)c3)o2)n(-c2ccccc2)n1. The molecule has 0 fully saturated rings. The molecular weight excluding hydrogens is 445 g/mol. The maximum Gasteiger partial charge on any atom is 0.416 e. The molecule has 170 valence electrons. The third-order valence-electron chi connectivity index (χ3n) is 4.83. The van der Waals surface area contributed by atoms with E-state index in [4.69, 9.17) is 4.42 Å². The number of nitrogens with zero attached hydrogens (tertiary/aromatic N) is 3. The average Bonchev–Trinajstić information content (AvgIpc) is 3.44. The van der Waals surface area contributed by atoms with Gasteiger partial charge >= 0.3 is 6.18 Å². The third-order valence-corrected chi connectivity index (χ3v) is 4.83. The second-order valence-electron chi connectivity index (χ2n) is 7.32. The van der Waals surface area contributed by atoms with Crippen LogP contribution >= 0.6 is 0 Å². The Labute approximate surface area is 192 Å². The van der Waals surface area contributed by atoms with Crippen LogP contribution in [-0.2, 0) is 11.0 Å². The maximum atomic E-state index is 13.0. The fraction of sp³-hybridized carbons (Fsp3) is 0.0800. The molecule has 2 aromatic carbocycles. The van der Waals surface area contributed by atoms with Gasteiger partial charge < -0.3 is 9.73 Å². The molecule has 0 aliphatic heterocycles. The second-order valence-corrected chi connectivity index (χ2v) is 7.32. The van der Waals surface area contributed by atoms with Gasteiger partial charge in [0.2, 0.25) is 0 Å². The number of aromatic nitrogens is 2. The van der Waals surface area contributed by atoms with E-state index in [2.05, 4.69) is 10.4 Å². The van der Waals surface area contributed by atoms with Crippen LogP contribution < -0.4 is 5.32 Å². The topological polar surface area (TPSA) is 83.9 Å². The Morgan fingerprint density at radius 3 is 2.56 bits per heavy atom. The number of benzene rings is 2. The van der Waals surface area contributed by atoms with E-state index in [1.807, 2.05) is 36.4 Å². The molecule has 34 heavy (non-hydrogen) atoms. The Bertz CT molecular complexity index is 1410. The highest BCUT2D eigenvalue weighted by Crippen LogP contribution is 2.33. The van der Waals surface area contributed by atoms with Crippen LogP contribution in [0, 0.1) is 18.3 Å². The van der Waals surface area contributed by atoms with Crippen molar-refractivity contribution >= 4 is 17.8 Å². The Hall–Kier alpha value is -4.58. The lowest BCUT2D eigenvalue weighted by Crippen LogP contribution is -2.16. The number of aryl methyl sites for hydroxylation is 1. The summed E-state index contributed by atoms with van der Waals surface area (Å²) in [7, 11) is 0. The van der Waals surface area contributed by atoms with Gasteiger partial charge in [-0.15, -0.1) is 0 Å². The number of carbonyl (C=O) groups excluding carboxylic acids is 1. The van der Waals surface area contributed by atoms with Crippen LogP contribution in [0.4, 0.5) is 19.0 Å². The predicted molar refractivity (Wildman–Crippen MR) is 120 cm³/mol. The van der Waals surface area contributed by atoms with Gasteiger partial charge in [-0.3, -0.25) is 4.79 Å². The van der Waals surface area contributed by atoms with Crippen molar-refractivity contribution in [2.45, 2.75) is 13.1 Å². The molecule has 9 heteroatoms. The number of carbonyl (C=O) groups is 1. The number of hydrogen-bond acceptors (Lipinski definition) is 4. The monoisotopic (exact) mass is 462 g/mol. The van der Waals surface area contributed by atoms with E-state index in [9.17, 15) is 23.2 Å². The van der Waals surface area contributed by atoms with Crippen molar-refractivity contribution in [3.63, 3.8) is 0 Å². The van der Waals surface area contributed by atoms with Gasteiger partial charge in [0.1, 0.15) is 29.0 Å². The van der Waals surface area contributed by atoms with Crippen molar-refractivity contribution in [3.05, 3.63) is 95.4 Å². The van der Waals surface area contributed by atoms with Gasteiger partial charge in [-0.1, -0.05) is 30.3 Å². The van der Waals surface area contributed by atoms with E-state index in [0.29, 0.717) is 11.5 Å². The summed E-state index contributed by atoms with van der Waals surface area (Å²) < 4.78 is 46.1. The number of anilines is 1. The molecular formula is C25H17F3N4O2. The van der Waals surface area contributed by atoms with E-state index in [1.165, 1.54) is 30.3 Å². The highest BCUT2D eigenvalue weighted by atomic mass is 19.4. The highest BCUT2D eigenvalue weighted by molar-refractivity contribution is 6.09. The molecule has 0 saturated carbocycles. The summed E-state index contributed by atoms with van der Waals surface area (Å²) in [5.74, 6) is 0.00948. The van der Waals surface area contributed by atoms with Gasteiger partial charge in [0.25, 0.3) is 5.91 Å². The number of halogens is 3. The number of nitriles is 1. The minimum atomic E-state index is -4.48. The zero-order valence-electron chi connectivity index (χ0n) is 17.8. The Kier molecular flexibility index (Phi) is 6.06. The Morgan fingerprint density at radius 2 is 1.85 bits per heavy atom. The molecule has 0 spiro atoms. The van der Waals surface area contributed by atoms with Crippen LogP contribution in [0.1, 0.15) is 17.0 Å². The number of para-hydroxylation sites is 1. The van der Waals surface area contributed by atoms with Gasteiger partial charge in [-0.05, 0) is 43.3 Å². The first-order valence-electron chi connectivity index (χ1n) is 10.1. The summed E-state index contributed by atoms with van der Waals surface area (Å²) in [5.41, 5.74) is 0.563. The normalized spacial score (nSPS) is 11.8. The van der Waals surface area contributed by atoms with Gasteiger partial charge in [0.05, 0.1) is 16.9 Å². The lowest BCUT2D eigenvalue weighted by molar-refractivity contribution is -0.137. The van der Waals surface area contributed by atoms with Gasteiger partial charge in [-0.25, -0.2) is 4.68 Å². The first kappa shape index (κ1) is 22.6. The van der Waals surface area contributed by atoms with Gasteiger partial charge in [0, 0.05) is 17.7 Å². The van der Waals surface area contributed by atoms with Crippen LogP contribution in [0.3, 0.4) is 0 Å². The van der Waals surface area contributed by atoms with Crippen LogP contribution in [0.25, 0.3) is 23.1 Å². The molecule has 0 atom stereocenters. The zero-order valence-corrected chi connectivity index (χ0v) is 17.8. The lowest BCUT2D eigenvalue weighted by Gasteiger charge is -2.08. The largest absolute Gasteiger partial charge is 0.457 e. The highest BCUT2D eigenvalue weighted by Gasteiger charge is 2.30. The molecule has 0 bridgehead atoms. The predicted octanol–water partition coefficient (Wildman–Crippen LogP) is 6.01. The lowest BCUT2D eigenvalue weighted by atomic mass is 10.1. The van der Waals surface area contributed by atoms with Crippen molar-refractivity contribution in [1.82, 2.24) is 9.78 Å². The van der Waals surface area contributed by atoms with E-state index < -0.39 is 17.6 Å². The molecule has 4 rings (SSSR count). The third kappa shape index (κ3) is 4.91. The molecule has 0 unspecified atom stereocenters. The van der Waals surface area contributed by atoms with Crippen molar-refractivity contribution in [2.24, 2.45) is 0 Å². The van der Waals surface area contributed by atoms with Crippen molar-refractivity contribution in [2.75, 3.05) is 5.32 Å². The number of nitrogens with one attached hydrogen (secondary N) is 1. The Morgan fingerprint density at radius 1 is 1.09 bits per heavy atom. The average molecular weight is 462 g/mol. The van der Waals surface area contributed by atoms with Gasteiger partial charge in [0.15, 0.2) is 0 Å². The van der Waals surface area contributed by atoms with E-state index >= 15 is 0 Å². The smallest absolute Gasteiger partial charge is 0.416 e. The fourth-order valence-corrected chi connectivity index (χ4v) is 3.26. The molecule has 0 saturated heterocycles. The summed E-state index contributed by atoms with van der Waals surface area (Å²) in [6.45, 7) is 1.77. The minimum Gasteiger partial charge on any atom is -0.457 e. The Balaban J connectivity index is 1.57. The van der Waals surface area contributed by atoms with E-state index in [1.54, 1.807) is 17.7 Å². The molecule has 0 radical (unpaired) electrons. The van der Waals surface area contributed by atoms with Crippen LogP contribution in [0.5, 0.6) is 0 Å². The molecule has 0 aliphatic carbocycles. The first-order valence-corrected chi connectivity index (χ1v) is 10.1.